The van der Waals surface area contributed by atoms with Gasteiger partial charge in [-0.15, -0.1) is 24.8 Å². The minimum atomic E-state index is 0. The van der Waals surface area contributed by atoms with Gasteiger partial charge in [-0.3, -0.25) is 4.98 Å². The van der Waals surface area contributed by atoms with Crippen LogP contribution >= 0.6 is 24.8 Å². The highest BCUT2D eigenvalue weighted by Gasteiger charge is 2.22. The molecule has 3 aromatic rings. The molecule has 0 spiro atoms. The van der Waals surface area contributed by atoms with E-state index < -0.39 is 0 Å². The lowest BCUT2D eigenvalue weighted by molar-refractivity contribution is 0.253. The number of ether oxygens (including phenoxy) is 1. The van der Waals surface area contributed by atoms with Gasteiger partial charge in [0.25, 0.3) is 0 Å². The van der Waals surface area contributed by atoms with E-state index in [1.807, 2.05) is 24.5 Å². The summed E-state index contributed by atoms with van der Waals surface area (Å²) in [6.45, 7) is 2.32. The molecule has 1 aromatic carbocycles. The van der Waals surface area contributed by atoms with E-state index in [0.717, 1.165) is 18.8 Å². The molecule has 1 aliphatic heterocycles. The molecule has 0 saturated carbocycles. The summed E-state index contributed by atoms with van der Waals surface area (Å²) in [6.07, 6.45) is 6.12. The fourth-order valence-electron chi connectivity index (χ4n) is 3.76. The van der Waals surface area contributed by atoms with Crippen molar-refractivity contribution in [3.63, 3.8) is 0 Å². The smallest absolute Gasteiger partial charge is 0.118 e. The number of hydrogen-bond acceptors (Lipinski definition) is 3. The molecule has 2 aromatic heterocycles. The van der Waals surface area contributed by atoms with E-state index in [2.05, 4.69) is 52.2 Å². The lowest BCUT2D eigenvalue weighted by atomic mass is 9.93. The van der Waals surface area contributed by atoms with Crippen LogP contribution in [0.1, 0.15) is 24.5 Å². The molecular weight excluding hydrogens is 393 g/mol. The molecule has 150 valence electrons. The van der Waals surface area contributed by atoms with E-state index in [1.54, 1.807) is 7.11 Å². The number of hydrogen-bond donors (Lipinski definition) is 1. The topological polar surface area (TPSA) is 41.1 Å². The van der Waals surface area contributed by atoms with Crippen LogP contribution in [0.25, 0.3) is 22.4 Å². The van der Waals surface area contributed by atoms with Crippen LogP contribution in [0.3, 0.4) is 0 Å². The Morgan fingerprint density at radius 3 is 2.21 bits per heavy atom. The third-order valence-electron chi connectivity index (χ3n) is 5.37. The van der Waals surface area contributed by atoms with Crippen molar-refractivity contribution in [2.75, 3.05) is 27.2 Å². The van der Waals surface area contributed by atoms with E-state index >= 15 is 0 Å². The quantitative estimate of drug-likeness (QED) is 0.614. The highest BCUT2D eigenvalue weighted by atomic mass is 35.5. The summed E-state index contributed by atoms with van der Waals surface area (Å²) in [4.78, 5) is 10.3. The van der Waals surface area contributed by atoms with Crippen molar-refractivity contribution in [3.05, 3.63) is 60.6 Å². The Hall–Kier alpha value is -2.01. The standard InChI is InChI=1S/C22H25N3O.2ClH/c1-25-13-9-17(10-14-25)21-15-20(16-7-11-23-12-8-16)22(24-21)18-3-5-19(26-2)6-4-18;;/h3-8,11-12,15,17,24H,9-10,13-14H2,1-2H3;2*1H. The normalized spacial score (nSPS) is 14.8. The van der Waals surface area contributed by atoms with E-state index in [-0.39, 0.29) is 24.8 Å². The second-order valence-corrected chi connectivity index (χ2v) is 7.06. The van der Waals surface area contributed by atoms with Gasteiger partial charge in [0, 0.05) is 29.6 Å². The zero-order valence-corrected chi connectivity index (χ0v) is 17.9. The number of methoxy groups -OCH3 is 1. The molecule has 1 fully saturated rings. The van der Waals surface area contributed by atoms with Crippen molar-refractivity contribution in [2.24, 2.45) is 0 Å². The molecule has 28 heavy (non-hydrogen) atoms. The number of nitrogens with one attached hydrogen (secondary N) is 1. The maximum absolute atomic E-state index is 5.31. The van der Waals surface area contributed by atoms with Crippen LogP contribution in [0.2, 0.25) is 0 Å². The van der Waals surface area contributed by atoms with Gasteiger partial charge in [0.1, 0.15) is 5.75 Å². The van der Waals surface area contributed by atoms with Gasteiger partial charge >= 0.3 is 0 Å². The van der Waals surface area contributed by atoms with E-state index in [9.17, 15) is 0 Å². The summed E-state index contributed by atoms with van der Waals surface area (Å²) in [5, 5.41) is 0. The average molecular weight is 420 g/mol. The van der Waals surface area contributed by atoms with E-state index in [4.69, 9.17) is 4.74 Å². The lowest BCUT2D eigenvalue weighted by Gasteiger charge is -2.28. The van der Waals surface area contributed by atoms with Crippen LogP contribution < -0.4 is 4.74 Å². The number of benzene rings is 1. The highest BCUT2D eigenvalue weighted by Crippen LogP contribution is 2.37. The molecule has 0 aliphatic carbocycles. The number of H-pyrrole nitrogens is 1. The predicted molar refractivity (Wildman–Crippen MR) is 120 cm³/mol. The van der Waals surface area contributed by atoms with Crippen molar-refractivity contribution in [1.82, 2.24) is 14.9 Å². The van der Waals surface area contributed by atoms with Crippen molar-refractivity contribution < 1.29 is 4.74 Å². The largest absolute Gasteiger partial charge is 0.497 e. The molecule has 0 bridgehead atoms. The fourth-order valence-corrected chi connectivity index (χ4v) is 3.76. The van der Waals surface area contributed by atoms with Crippen LogP contribution in [0.5, 0.6) is 5.75 Å². The monoisotopic (exact) mass is 419 g/mol. The third kappa shape index (κ3) is 4.69. The first-order valence-corrected chi connectivity index (χ1v) is 9.21. The highest BCUT2D eigenvalue weighted by molar-refractivity contribution is 5.85. The third-order valence-corrected chi connectivity index (χ3v) is 5.37. The number of aromatic amines is 1. The summed E-state index contributed by atoms with van der Waals surface area (Å²) in [5.74, 6) is 1.47. The molecule has 3 heterocycles. The molecule has 4 nitrogen and oxygen atoms in total. The Kier molecular flexibility index (Phi) is 7.93. The van der Waals surface area contributed by atoms with Crippen LogP contribution in [0.4, 0.5) is 0 Å². The van der Waals surface area contributed by atoms with Crippen LogP contribution in [0, 0.1) is 0 Å². The minimum absolute atomic E-state index is 0. The van der Waals surface area contributed by atoms with Gasteiger partial charge in [-0.05, 0) is 86.6 Å². The van der Waals surface area contributed by atoms with Crippen molar-refractivity contribution in [1.29, 1.82) is 0 Å². The van der Waals surface area contributed by atoms with Gasteiger partial charge in [0.2, 0.25) is 0 Å². The Morgan fingerprint density at radius 1 is 0.964 bits per heavy atom. The summed E-state index contributed by atoms with van der Waals surface area (Å²) in [7, 11) is 3.90. The van der Waals surface area contributed by atoms with Gasteiger partial charge in [-0.1, -0.05) is 0 Å². The van der Waals surface area contributed by atoms with Gasteiger partial charge in [0.15, 0.2) is 0 Å². The molecule has 0 radical (unpaired) electrons. The average Bonchev–Trinajstić information content (AvgIpc) is 3.15. The van der Waals surface area contributed by atoms with Crippen molar-refractivity contribution >= 4 is 24.8 Å². The predicted octanol–water partition coefficient (Wildman–Crippen LogP) is 5.41. The van der Waals surface area contributed by atoms with Gasteiger partial charge in [-0.2, -0.15) is 0 Å². The lowest BCUT2D eigenvalue weighted by Crippen LogP contribution is -2.29. The molecule has 0 atom stereocenters. The first-order chi connectivity index (χ1) is 12.7. The van der Waals surface area contributed by atoms with Crippen molar-refractivity contribution in [2.45, 2.75) is 18.8 Å². The Bertz CT molecular complexity index is 857. The number of aromatic nitrogens is 2. The zero-order chi connectivity index (χ0) is 17.9. The van der Waals surface area contributed by atoms with Gasteiger partial charge in [0.05, 0.1) is 12.8 Å². The number of pyridine rings is 1. The second-order valence-electron chi connectivity index (χ2n) is 7.06. The Balaban J connectivity index is 0.00000140. The number of likely N-dealkylation sites (tertiary alicyclic amines) is 1. The Morgan fingerprint density at radius 2 is 1.61 bits per heavy atom. The summed E-state index contributed by atoms with van der Waals surface area (Å²) in [6, 6.07) is 14.8. The summed E-state index contributed by atoms with van der Waals surface area (Å²) in [5.41, 5.74) is 6.13. The first kappa shape index (κ1) is 22.3. The van der Waals surface area contributed by atoms with Crippen LogP contribution in [-0.2, 0) is 0 Å². The number of piperidine rings is 1. The number of halogens is 2. The van der Waals surface area contributed by atoms with E-state index in [1.165, 1.54) is 40.9 Å². The van der Waals surface area contributed by atoms with Gasteiger partial charge < -0.3 is 14.6 Å². The molecule has 1 N–H and O–H groups in total. The van der Waals surface area contributed by atoms with Crippen molar-refractivity contribution in [3.8, 4) is 28.1 Å². The molecule has 1 aliphatic rings. The van der Waals surface area contributed by atoms with Crippen LogP contribution in [-0.4, -0.2) is 42.1 Å². The molecule has 0 amide bonds. The van der Waals surface area contributed by atoms with Crippen LogP contribution in [0.15, 0.2) is 54.9 Å². The first-order valence-electron chi connectivity index (χ1n) is 9.21. The van der Waals surface area contributed by atoms with Gasteiger partial charge in [-0.25, -0.2) is 0 Å². The molecule has 4 rings (SSSR count). The summed E-state index contributed by atoms with van der Waals surface area (Å²) < 4.78 is 5.31. The SMILES string of the molecule is COc1ccc(-c2[nH]c(C3CCN(C)CC3)cc2-c2ccncc2)cc1.Cl.Cl. The molecule has 6 heteroatoms. The molecule has 1 saturated heterocycles. The number of rotatable bonds is 4. The molecule has 0 unspecified atom stereocenters. The molecular formula is C22H27Cl2N3O. The maximum Gasteiger partial charge on any atom is 0.118 e. The zero-order valence-electron chi connectivity index (χ0n) is 16.2. The maximum atomic E-state index is 5.31. The summed E-state index contributed by atoms with van der Waals surface area (Å²) >= 11 is 0. The number of nitrogens with zero attached hydrogens (tertiary/aromatic N) is 2. The minimum Gasteiger partial charge on any atom is -0.497 e. The Labute approximate surface area is 179 Å². The second kappa shape index (κ2) is 9.97. The fraction of sp³-hybridized carbons (Fsp3) is 0.318. The van der Waals surface area contributed by atoms with E-state index in [0.29, 0.717) is 5.92 Å².